The molecule has 4 unspecified atom stereocenters. The minimum absolute atomic E-state index is 0.171. The van der Waals surface area contributed by atoms with E-state index in [9.17, 15) is 9.90 Å². The lowest BCUT2D eigenvalue weighted by Crippen LogP contribution is -2.32. The van der Waals surface area contributed by atoms with Gasteiger partial charge in [0, 0.05) is 25.4 Å². The van der Waals surface area contributed by atoms with Gasteiger partial charge in [0.1, 0.15) is 0 Å². The zero-order chi connectivity index (χ0) is 14.2. The number of aliphatic hydroxyl groups excluding tert-OH is 1. The van der Waals surface area contributed by atoms with E-state index in [1.165, 1.54) is 0 Å². The van der Waals surface area contributed by atoms with Crippen LogP contribution in [-0.4, -0.2) is 35.1 Å². The van der Waals surface area contributed by atoms with Gasteiger partial charge < -0.3 is 10.0 Å². The summed E-state index contributed by atoms with van der Waals surface area (Å²) in [6, 6.07) is 0. The van der Waals surface area contributed by atoms with E-state index in [0.717, 1.165) is 32.4 Å². The SMILES string of the molecule is CC(CC(=O)N1CC2CCC(O)C2C1)CC(C)(C)C. The van der Waals surface area contributed by atoms with Crippen LogP contribution in [0.15, 0.2) is 0 Å². The monoisotopic (exact) mass is 267 g/mol. The molecule has 2 fully saturated rings. The molecule has 1 saturated heterocycles. The Labute approximate surface area is 117 Å². The van der Waals surface area contributed by atoms with Crippen molar-refractivity contribution in [2.45, 2.75) is 59.5 Å². The first kappa shape index (κ1) is 14.8. The van der Waals surface area contributed by atoms with Crippen LogP contribution in [0.4, 0.5) is 0 Å². The Kier molecular flexibility index (Phi) is 4.24. The molecule has 110 valence electrons. The van der Waals surface area contributed by atoms with Crippen LogP contribution in [-0.2, 0) is 4.79 Å². The number of carbonyl (C=O) groups is 1. The topological polar surface area (TPSA) is 40.5 Å². The summed E-state index contributed by atoms with van der Waals surface area (Å²) in [6.07, 6.45) is 3.59. The lowest BCUT2D eigenvalue weighted by Gasteiger charge is -2.25. The summed E-state index contributed by atoms with van der Waals surface area (Å²) in [5, 5.41) is 9.90. The molecule has 2 rings (SSSR count). The molecule has 19 heavy (non-hydrogen) atoms. The zero-order valence-electron chi connectivity index (χ0n) is 12.9. The third-order valence-electron chi connectivity index (χ3n) is 4.66. The largest absolute Gasteiger partial charge is 0.393 e. The first-order valence-electron chi connectivity index (χ1n) is 7.72. The van der Waals surface area contributed by atoms with E-state index < -0.39 is 0 Å². The van der Waals surface area contributed by atoms with Crippen LogP contribution in [0.25, 0.3) is 0 Å². The summed E-state index contributed by atoms with van der Waals surface area (Å²) in [7, 11) is 0. The number of carbonyl (C=O) groups excluding carboxylic acids is 1. The molecular weight excluding hydrogens is 238 g/mol. The van der Waals surface area contributed by atoms with Crippen LogP contribution in [0.5, 0.6) is 0 Å². The second-order valence-electron chi connectivity index (χ2n) is 7.94. The maximum absolute atomic E-state index is 12.3. The van der Waals surface area contributed by atoms with Gasteiger partial charge in [0.25, 0.3) is 0 Å². The highest BCUT2D eigenvalue weighted by Gasteiger charge is 2.43. The second-order valence-corrected chi connectivity index (χ2v) is 7.94. The fourth-order valence-electron chi connectivity index (χ4n) is 3.99. The number of hydrogen-bond donors (Lipinski definition) is 1. The molecule has 1 aliphatic carbocycles. The molecule has 0 aromatic carbocycles. The fourth-order valence-corrected chi connectivity index (χ4v) is 3.99. The average molecular weight is 267 g/mol. The molecule has 1 N–H and O–H groups in total. The van der Waals surface area contributed by atoms with Crippen LogP contribution in [0.3, 0.4) is 0 Å². The molecule has 1 aliphatic heterocycles. The number of likely N-dealkylation sites (tertiary alicyclic amines) is 1. The van der Waals surface area contributed by atoms with E-state index in [4.69, 9.17) is 0 Å². The van der Waals surface area contributed by atoms with Crippen molar-refractivity contribution >= 4 is 5.91 Å². The Morgan fingerprint density at radius 1 is 1.32 bits per heavy atom. The van der Waals surface area contributed by atoms with Gasteiger partial charge in [0.15, 0.2) is 0 Å². The van der Waals surface area contributed by atoms with E-state index in [1.807, 2.05) is 4.90 Å². The molecule has 1 amide bonds. The van der Waals surface area contributed by atoms with Crippen LogP contribution in [0.1, 0.15) is 53.4 Å². The standard InChI is InChI=1S/C16H29NO2/c1-11(8-16(2,3)4)7-15(19)17-9-12-5-6-14(18)13(12)10-17/h11-14,18H,5-10H2,1-4H3. The molecular formula is C16H29NO2. The van der Waals surface area contributed by atoms with Gasteiger partial charge in [-0.15, -0.1) is 0 Å². The second kappa shape index (κ2) is 5.43. The molecule has 3 heteroatoms. The molecule has 0 aromatic rings. The highest BCUT2D eigenvalue weighted by Crippen LogP contribution is 2.38. The first-order valence-corrected chi connectivity index (χ1v) is 7.72. The lowest BCUT2D eigenvalue weighted by molar-refractivity contribution is -0.131. The maximum atomic E-state index is 12.3. The summed E-state index contributed by atoms with van der Waals surface area (Å²) in [6.45, 7) is 10.5. The number of aliphatic hydroxyl groups is 1. The number of nitrogens with zero attached hydrogens (tertiary/aromatic N) is 1. The van der Waals surface area contributed by atoms with Gasteiger partial charge in [0.2, 0.25) is 5.91 Å². The Hall–Kier alpha value is -0.570. The van der Waals surface area contributed by atoms with Gasteiger partial charge in [-0.1, -0.05) is 27.7 Å². The molecule has 0 radical (unpaired) electrons. The van der Waals surface area contributed by atoms with Crippen LogP contribution < -0.4 is 0 Å². The fraction of sp³-hybridized carbons (Fsp3) is 0.938. The Morgan fingerprint density at radius 2 is 2.00 bits per heavy atom. The van der Waals surface area contributed by atoms with E-state index in [-0.39, 0.29) is 11.5 Å². The van der Waals surface area contributed by atoms with Gasteiger partial charge in [0.05, 0.1) is 6.10 Å². The highest BCUT2D eigenvalue weighted by molar-refractivity contribution is 5.76. The minimum Gasteiger partial charge on any atom is -0.393 e. The number of rotatable bonds is 3. The normalized spacial score (nSPS) is 32.5. The summed E-state index contributed by atoms with van der Waals surface area (Å²) < 4.78 is 0. The van der Waals surface area contributed by atoms with Crippen molar-refractivity contribution in [1.29, 1.82) is 0 Å². The predicted octanol–water partition coefficient (Wildman–Crippen LogP) is 2.68. The third kappa shape index (κ3) is 3.71. The zero-order valence-corrected chi connectivity index (χ0v) is 12.9. The Morgan fingerprint density at radius 3 is 2.58 bits per heavy atom. The summed E-state index contributed by atoms with van der Waals surface area (Å²) in [5.41, 5.74) is 0.289. The van der Waals surface area contributed by atoms with Crippen LogP contribution in [0, 0.1) is 23.2 Å². The van der Waals surface area contributed by atoms with Crippen molar-refractivity contribution in [2.24, 2.45) is 23.2 Å². The van der Waals surface area contributed by atoms with E-state index >= 15 is 0 Å². The molecule has 2 aliphatic rings. The summed E-state index contributed by atoms with van der Waals surface area (Å²) in [4.78, 5) is 14.3. The quantitative estimate of drug-likeness (QED) is 0.854. The molecule has 0 spiro atoms. The van der Waals surface area contributed by atoms with Gasteiger partial charge in [-0.25, -0.2) is 0 Å². The molecule has 3 nitrogen and oxygen atoms in total. The van der Waals surface area contributed by atoms with Crippen molar-refractivity contribution in [1.82, 2.24) is 4.90 Å². The van der Waals surface area contributed by atoms with Crippen molar-refractivity contribution < 1.29 is 9.90 Å². The van der Waals surface area contributed by atoms with Crippen molar-refractivity contribution in [2.75, 3.05) is 13.1 Å². The van der Waals surface area contributed by atoms with Gasteiger partial charge in [-0.2, -0.15) is 0 Å². The molecule has 0 bridgehead atoms. The van der Waals surface area contributed by atoms with Gasteiger partial charge in [-0.05, 0) is 36.5 Å². The van der Waals surface area contributed by atoms with Crippen molar-refractivity contribution in [3.05, 3.63) is 0 Å². The number of hydrogen-bond acceptors (Lipinski definition) is 2. The smallest absolute Gasteiger partial charge is 0.222 e. The van der Waals surface area contributed by atoms with Crippen LogP contribution in [0.2, 0.25) is 0 Å². The van der Waals surface area contributed by atoms with E-state index in [1.54, 1.807) is 0 Å². The average Bonchev–Trinajstić information content (AvgIpc) is 2.78. The Balaban J connectivity index is 1.82. The molecule has 4 atom stereocenters. The van der Waals surface area contributed by atoms with Gasteiger partial charge >= 0.3 is 0 Å². The summed E-state index contributed by atoms with van der Waals surface area (Å²) >= 11 is 0. The molecule has 0 aromatic heterocycles. The maximum Gasteiger partial charge on any atom is 0.222 e. The highest BCUT2D eigenvalue weighted by atomic mass is 16.3. The molecule has 1 heterocycles. The number of amides is 1. The third-order valence-corrected chi connectivity index (χ3v) is 4.66. The summed E-state index contributed by atoms with van der Waals surface area (Å²) in [5.74, 6) is 1.63. The first-order chi connectivity index (χ1) is 8.76. The van der Waals surface area contributed by atoms with Crippen LogP contribution >= 0.6 is 0 Å². The van der Waals surface area contributed by atoms with E-state index in [2.05, 4.69) is 27.7 Å². The predicted molar refractivity (Wildman–Crippen MR) is 76.7 cm³/mol. The number of fused-ring (bicyclic) bond motifs is 1. The van der Waals surface area contributed by atoms with Crippen molar-refractivity contribution in [3.8, 4) is 0 Å². The Bertz CT molecular complexity index is 334. The molecule has 1 saturated carbocycles. The lowest BCUT2D eigenvalue weighted by atomic mass is 9.84. The van der Waals surface area contributed by atoms with Gasteiger partial charge in [-0.3, -0.25) is 4.79 Å². The minimum atomic E-state index is -0.171. The van der Waals surface area contributed by atoms with Crippen molar-refractivity contribution in [3.63, 3.8) is 0 Å². The van der Waals surface area contributed by atoms with E-state index in [0.29, 0.717) is 30.1 Å².